The molecule has 0 bridgehead atoms. The Morgan fingerprint density at radius 1 is 1.15 bits per heavy atom. The number of benzene rings is 2. The third kappa shape index (κ3) is 4.06. The van der Waals surface area contributed by atoms with Crippen LogP contribution in [0.2, 0.25) is 10.2 Å². The smallest absolute Gasteiger partial charge is 0.261 e. The predicted molar refractivity (Wildman–Crippen MR) is 107 cm³/mol. The van der Waals surface area contributed by atoms with Crippen molar-refractivity contribution in [2.45, 2.75) is 18.7 Å². The van der Waals surface area contributed by atoms with Gasteiger partial charge in [-0.05, 0) is 42.3 Å². The molecular weight excluding hydrogens is 395 g/mol. The topological polar surface area (TPSA) is 86.9 Å². The van der Waals surface area contributed by atoms with Gasteiger partial charge in [-0.1, -0.05) is 37.0 Å². The molecule has 6 nitrogen and oxygen atoms in total. The molecule has 0 unspecified atom stereocenters. The summed E-state index contributed by atoms with van der Waals surface area (Å²) >= 11 is 12.0. The number of nitrogens with one attached hydrogen (secondary N) is 3. The van der Waals surface area contributed by atoms with E-state index in [9.17, 15) is 8.42 Å². The monoisotopic (exact) mass is 412 g/mol. The van der Waals surface area contributed by atoms with Crippen LogP contribution in [0.3, 0.4) is 0 Å². The van der Waals surface area contributed by atoms with E-state index in [1.807, 2.05) is 0 Å². The van der Waals surface area contributed by atoms with Crippen LogP contribution in [0, 0.1) is 5.92 Å². The van der Waals surface area contributed by atoms with E-state index in [2.05, 4.69) is 34.1 Å². The van der Waals surface area contributed by atoms with Crippen LogP contribution in [0.1, 0.15) is 13.8 Å². The van der Waals surface area contributed by atoms with Crippen molar-refractivity contribution in [3.63, 3.8) is 0 Å². The molecule has 0 amide bonds. The Morgan fingerprint density at radius 2 is 1.85 bits per heavy atom. The number of fused-ring (bicyclic) bond motifs is 1. The summed E-state index contributed by atoms with van der Waals surface area (Å²) in [5, 5.41) is 11.6. The van der Waals surface area contributed by atoms with E-state index >= 15 is 0 Å². The number of nitrogens with zero attached hydrogens (tertiary/aromatic N) is 1. The molecule has 26 heavy (non-hydrogen) atoms. The van der Waals surface area contributed by atoms with Crippen LogP contribution in [0.4, 0.5) is 11.4 Å². The predicted octanol–water partition coefficient (Wildman–Crippen LogP) is 4.74. The molecule has 0 atom stereocenters. The quantitative estimate of drug-likeness (QED) is 0.545. The van der Waals surface area contributed by atoms with Gasteiger partial charge in [-0.15, -0.1) is 0 Å². The van der Waals surface area contributed by atoms with Crippen LogP contribution < -0.4 is 10.0 Å². The minimum Gasteiger partial charge on any atom is -0.383 e. The molecule has 2 aromatic carbocycles. The first-order chi connectivity index (χ1) is 12.3. The van der Waals surface area contributed by atoms with Crippen molar-refractivity contribution in [3.8, 4) is 0 Å². The van der Waals surface area contributed by atoms with Crippen molar-refractivity contribution in [1.29, 1.82) is 0 Å². The van der Waals surface area contributed by atoms with E-state index < -0.39 is 10.0 Å². The van der Waals surface area contributed by atoms with Crippen LogP contribution in [-0.4, -0.2) is 25.2 Å². The zero-order chi connectivity index (χ0) is 18.9. The molecule has 0 spiro atoms. The molecule has 1 aromatic heterocycles. The number of anilines is 2. The van der Waals surface area contributed by atoms with Gasteiger partial charge < -0.3 is 5.32 Å². The highest BCUT2D eigenvalue weighted by Gasteiger charge is 2.17. The van der Waals surface area contributed by atoms with Crippen LogP contribution in [0.25, 0.3) is 10.9 Å². The standard InChI is InChI=1S/C17H18Cl2N4O2S/c1-10(2)9-20-15-8-12(7-14-16(15)21-22-17(14)19)23-26(24,25)13-5-3-11(18)4-6-13/h3-8,10,20,23H,9H2,1-2H3,(H,21,22). The van der Waals surface area contributed by atoms with Gasteiger partial charge in [0, 0.05) is 17.0 Å². The number of rotatable bonds is 6. The lowest BCUT2D eigenvalue weighted by Gasteiger charge is -2.13. The number of sulfonamides is 1. The summed E-state index contributed by atoms with van der Waals surface area (Å²) in [6.07, 6.45) is 0. The number of hydrogen-bond donors (Lipinski definition) is 3. The summed E-state index contributed by atoms with van der Waals surface area (Å²) in [5.41, 5.74) is 1.75. The molecule has 0 aliphatic carbocycles. The van der Waals surface area contributed by atoms with Crippen molar-refractivity contribution in [3.05, 3.63) is 46.6 Å². The molecule has 0 saturated carbocycles. The second-order valence-corrected chi connectivity index (χ2v) is 8.79. The average Bonchev–Trinajstić information content (AvgIpc) is 2.94. The number of halogens is 2. The maximum Gasteiger partial charge on any atom is 0.261 e. The molecule has 0 radical (unpaired) electrons. The van der Waals surface area contributed by atoms with Gasteiger partial charge in [0.1, 0.15) is 10.7 Å². The fourth-order valence-corrected chi connectivity index (χ4v) is 3.78. The van der Waals surface area contributed by atoms with E-state index in [1.165, 1.54) is 24.3 Å². The fraction of sp³-hybridized carbons (Fsp3) is 0.235. The average molecular weight is 413 g/mol. The van der Waals surface area contributed by atoms with Gasteiger partial charge in [0.05, 0.1) is 16.3 Å². The van der Waals surface area contributed by atoms with Crippen LogP contribution in [0.5, 0.6) is 0 Å². The van der Waals surface area contributed by atoms with E-state index in [0.29, 0.717) is 44.9 Å². The van der Waals surface area contributed by atoms with Crippen LogP contribution in [0.15, 0.2) is 41.3 Å². The lowest BCUT2D eigenvalue weighted by Crippen LogP contribution is -2.13. The molecule has 3 N–H and O–H groups in total. The first kappa shape index (κ1) is 18.8. The first-order valence-corrected chi connectivity index (χ1v) is 10.2. The maximum atomic E-state index is 12.6. The van der Waals surface area contributed by atoms with Gasteiger partial charge >= 0.3 is 0 Å². The molecule has 3 aromatic rings. The SMILES string of the molecule is CC(C)CNc1cc(NS(=O)(=O)c2ccc(Cl)cc2)cc2c(Cl)[nH]nc12. The van der Waals surface area contributed by atoms with Crippen molar-refractivity contribution in [2.75, 3.05) is 16.6 Å². The maximum absolute atomic E-state index is 12.6. The largest absolute Gasteiger partial charge is 0.383 e. The Kier molecular flexibility index (Phi) is 5.32. The molecular formula is C17H18Cl2N4O2S. The highest BCUT2D eigenvalue weighted by Crippen LogP contribution is 2.32. The second-order valence-electron chi connectivity index (χ2n) is 6.29. The number of aromatic amines is 1. The van der Waals surface area contributed by atoms with Crippen LogP contribution in [-0.2, 0) is 10.0 Å². The minimum atomic E-state index is -3.75. The number of aromatic nitrogens is 2. The Labute approximate surface area is 161 Å². The summed E-state index contributed by atoms with van der Waals surface area (Å²) in [7, 11) is -3.75. The molecule has 1 heterocycles. The van der Waals surface area contributed by atoms with Gasteiger partial charge in [-0.25, -0.2) is 8.42 Å². The second kappa shape index (κ2) is 7.34. The zero-order valence-electron chi connectivity index (χ0n) is 14.2. The summed E-state index contributed by atoms with van der Waals surface area (Å²) in [6.45, 7) is 4.87. The minimum absolute atomic E-state index is 0.122. The normalized spacial score (nSPS) is 11.9. The number of hydrogen-bond acceptors (Lipinski definition) is 4. The summed E-state index contributed by atoms with van der Waals surface area (Å²) in [5.74, 6) is 0.411. The van der Waals surface area contributed by atoms with Crippen molar-refractivity contribution in [2.24, 2.45) is 5.92 Å². The number of H-pyrrole nitrogens is 1. The van der Waals surface area contributed by atoms with Crippen molar-refractivity contribution in [1.82, 2.24) is 10.2 Å². The fourth-order valence-electron chi connectivity index (χ4n) is 2.42. The molecule has 0 aliphatic heterocycles. The third-order valence-corrected chi connectivity index (χ3v) is 5.63. The van der Waals surface area contributed by atoms with E-state index in [-0.39, 0.29) is 4.90 Å². The van der Waals surface area contributed by atoms with Gasteiger partial charge in [0.15, 0.2) is 0 Å². The lowest BCUT2D eigenvalue weighted by atomic mass is 10.2. The summed E-state index contributed by atoms with van der Waals surface area (Å²) in [6, 6.07) is 9.31. The third-order valence-electron chi connectivity index (χ3n) is 3.69. The van der Waals surface area contributed by atoms with E-state index in [0.717, 1.165) is 0 Å². The van der Waals surface area contributed by atoms with Crippen molar-refractivity contribution >= 4 is 55.5 Å². The Hall–Kier alpha value is -1.96. The summed E-state index contributed by atoms with van der Waals surface area (Å²) in [4.78, 5) is 0.122. The van der Waals surface area contributed by atoms with Gasteiger partial charge in [0.2, 0.25) is 0 Å². The lowest BCUT2D eigenvalue weighted by molar-refractivity contribution is 0.601. The molecule has 138 valence electrons. The first-order valence-electron chi connectivity index (χ1n) is 7.96. The summed E-state index contributed by atoms with van der Waals surface area (Å²) < 4.78 is 27.8. The Bertz CT molecular complexity index is 1030. The molecule has 0 aliphatic rings. The zero-order valence-corrected chi connectivity index (χ0v) is 16.5. The Balaban J connectivity index is 1.99. The Morgan fingerprint density at radius 3 is 2.50 bits per heavy atom. The van der Waals surface area contributed by atoms with E-state index in [1.54, 1.807) is 12.1 Å². The molecule has 0 fully saturated rings. The van der Waals surface area contributed by atoms with Gasteiger partial charge in [-0.3, -0.25) is 9.82 Å². The van der Waals surface area contributed by atoms with Gasteiger partial charge in [-0.2, -0.15) is 5.10 Å². The molecule has 0 saturated heterocycles. The highest BCUT2D eigenvalue weighted by atomic mass is 35.5. The van der Waals surface area contributed by atoms with Gasteiger partial charge in [0.25, 0.3) is 10.0 Å². The molecule has 9 heteroatoms. The highest BCUT2D eigenvalue weighted by molar-refractivity contribution is 7.92. The van der Waals surface area contributed by atoms with Crippen molar-refractivity contribution < 1.29 is 8.42 Å². The van der Waals surface area contributed by atoms with E-state index in [4.69, 9.17) is 23.2 Å². The van der Waals surface area contributed by atoms with Crippen LogP contribution >= 0.6 is 23.2 Å². The molecule has 3 rings (SSSR count).